The highest BCUT2D eigenvalue weighted by molar-refractivity contribution is 5.34. The molecule has 0 saturated heterocycles. The normalized spacial score (nSPS) is 12.0. The fraction of sp³-hybridized carbons (Fsp3) is 0.333. The number of methoxy groups -OCH3 is 1. The van der Waals surface area contributed by atoms with Gasteiger partial charge in [0.1, 0.15) is 18.1 Å². The minimum absolute atomic E-state index is 0.426. The molecule has 0 saturated carbocycles. The summed E-state index contributed by atoms with van der Waals surface area (Å²) >= 11 is 0. The van der Waals surface area contributed by atoms with Crippen molar-refractivity contribution in [2.24, 2.45) is 0 Å². The van der Waals surface area contributed by atoms with Crippen molar-refractivity contribution in [3.8, 4) is 11.5 Å². The second-order valence-electron chi connectivity index (χ2n) is 4.98. The summed E-state index contributed by atoms with van der Waals surface area (Å²) in [7, 11) is 1.65. The molecule has 1 N–H and O–H groups in total. The molecule has 0 aliphatic carbocycles. The molecule has 0 fully saturated rings. The Labute approximate surface area is 126 Å². The second kappa shape index (κ2) is 7.70. The molecule has 0 radical (unpaired) electrons. The molecule has 0 aromatic heterocycles. The minimum atomic E-state index is -0.426. The van der Waals surface area contributed by atoms with Crippen LogP contribution in [0.3, 0.4) is 0 Å². The lowest BCUT2D eigenvalue weighted by atomic mass is 10.1. The molecular weight excluding hydrogens is 264 g/mol. The third-order valence-electron chi connectivity index (χ3n) is 3.39. The van der Waals surface area contributed by atoms with Gasteiger partial charge in [-0.15, -0.1) is 0 Å². The van der Waals surface area contributed by atoms with Crippen molar-refractivity contribution in [2.75, 3.05) is 7.11 Å². The van der Waals surface area contributed by atoms with Gasteiger partial charge in [0.05, 0.1) is 13.2 Å². The van der Waals surface area contributed by atoms with E-state index in [9.17, 15) is 5.11 Å². The van der Waals surface area contributed by atoms with Gasteiger partial charge in [-0.2, -0.15) is 0 Å². The summed E-state index contributed by atoms with van der Waals surface area (Å²) in [5.74, 6) is 1.58. The third kappa shape index (κ3) is 4.23. The van der Waals surface area contributed by atoms with Crippen molar-refractivity contribution in [3.05, 3.63) is 59.7 Å². The van der Waals surface area contributed by atoms with Gasteiger partial charge in [-0.25, -0.2) is 0 Å². The lowest BCUT2D eigenvalue weighted by Crippen LogP contribution is -2.00. The Hall–Kier alpha value is -2.00. The Morgan fingerprint density at radius 3 is 2.67 bits per heavy atom. The van der Waals surface area contributed by atoms with Crippen LogP contribution in [0.2, 0.25) is 0 Å². The average molecular weight is 286 g/mol. The number of ether oxygens (including phenoxy) is 2. The first-order valence-electron chi connectivity index (χ1n) is 7.27. The van der Waals surface area contributed by atoms with Gasteiger partial charge < -0.3 is 14.6 Å². The van der Waals surface area contributed by atoms with E-state index >= 15 is 0 Å². The quantitative estimate of drug-likeness (QED) is 0.832. The van der Waals surface area contributed by atoms with Gasteiger partial charge in [-0.1, -0.05) is 43.7 Å². The van der Waals surface area contributed by atoms with Crippen LogP contribution >= 0.6 is 0 Å². The number of para-hydroxylation sites is 1. The fourth-order valence-corrected chi connectivity index (χ4v) is 2.23. The molecule has 1 atom stereocenters. The molecule has 1 unspecified atom stereocenters. The smallest absolute Gasteiger partial charge is 0.125 e. The van der Waals surface area contributed by atoms with Crippen molar-refractivity contribution < 1.29 is 14.6 Å². The predicted molar refractivity (Wildman–Crippen MR) is 83.6 cm³/mol. The highest BCUT2D eigenvalue weighted by Crippen LogP contribution is 2.24. The Balaban J connectivity index is 2.05. The standard InChI is InChI=1S/C18H22O3/c1-3-7-17(19)14-9-6-10-16(12-14)21-13-15-8-4-5-11-18(15)20-2/h4-6,8-12,17,19H,3,7,13H2,1-2H3. The third-order valence-corrected chi connectivity index (χ3v) is 3.39. The lowest BCUT2D eigenvalue weighted by molar-refractivity contribution is 0.166. The number of aliphatic hydroxyl groups excluding tert-OH is 1. The molecule has 3 heteroatoms. The Bertz CT molecular complexity index is 566. The topological polar surface area (TPSA) is 38.7 Å². The van der Waals surface area contributed by atoms with E-state index in [-0.39, 0.29) is 0 Å². The van der Waals surface area contributed by atoms with Crippen LogP contribution in [0.25, 0.3) is 0 Å². The van der Waals surface area contributed by atoms with Gasteiger partial charge in [0.15, 0.2) is 0 Å². The summed E-state index contributed by atoms with van der Waals surface area (Å²) in [6.45, 7) is 2.50. The largest absolute Gasteiger partial charge is 0.496 e. The van der Waals surface area contributed by atoms with Crippen molar-refractivity contribution in [1.29, 1.82) is 0 Å². The zero-order valence-corrected chi connectivity index (χ0v) is 12.6. The van der Waals surface area contributed by atoms with E-state index in [1.54, 1.807) is 7.11 Å². The van der Waals surface area contributed by atoms with Gasteiger partial charge in [0.2, 0.25) is 0 Å². The molecular formula is C18H22O3. The maximum absolute atomic E-state index is 10.0. The first kappa shape index (κ1) is 15.4. The monoisotopic (exact) mass is 286 g/mol. The summed E-state index contributed by atoms with van der Waals surface area (Å²) in [6, 6.07) is 15.4. The molecule has 2 aromatic carbocycles. The van der Waals surface area contributed by atoms with Crippen LogP contribution < -0.4 is 9.47 Å². The van der Waals surface area contributed by atoms with Crippen LogP contribution in [0.1, 0.15) is 37.0 Å². The molecule has 0 bridgehead atoms. The lowest BCUT2D eigenvalue weighted by Gasteiger charge is -2.13. The maximum atomic E-state index is 10.0. The van der Waals surface area contributed by atoms with E-state index in [0.717, 1.165) is 35.5 Å². The molecule has 2 rings (SSSR count). The molecule has 21 heavy (non-hydrogen) atoms. The number of hydrogen-bond acceptors (Lipinski definition) is 3. The molecule has 2 aromatic rings. The van der Waals surface area contributed by atoms with Crippen LogP contribution in [-0.2, 0) is 6.61 Å². The van der Waals surface area contributed by atoms with Crippen molar-refractivity contribution in [3.63, 3.8) is 0 Å². The average Bonchev–Trinajstić information content (AvgIpc) is 2.53. The maximum Gasteiger partial charge on any atom is 0.125 e. The molecule has 0 spiro atoms. The number of aliphatic hydroxyl groups is 1. The van der Waals surface area contributed by atoms with Crippen LogP contribution in [0.5, 0.6) is 11.5 Å². The summed E-state index contributed by atoms with van der Waals surface area (Å²) < 4.78 is 11.1. The molecule has 112 valence electrons. The summed E-state index contributed by atoms with van der Waals surface area (Å²) in [4.78, 5) is 0. The van der Waals surface area contributed by atoms with Gasteiger partial charge in [-0.3, -0.25) is 0 Å². The van der Waals surface area contributed by atoms with E-state index in [2.05, 4.69) is 6.92 Å². The zero-order valence-electron chi connectivity index (χ0n) is 12.6. The van der Waals surface area contributed by atoms with E-state index in [1.807, 2.05) is 48.5 Å². The van der Waals surface area contributed by atoms with Gasteiger partial charge in [-0.05, 0) is 30.2 Å². The molecule has 0 aliphatic heterocycles. The van der Waals surface area contributed by atoms with E-state index in [0.29, 0.717) is 6.61 Å². The Morgan fingerprint density at radius 1 is 1.10 bits per heavy atom. The van der Waals surface area contributed by atoms with E-state index in [1.165, 1.54) is 0 Å². The van der Waals surface area contributed by atoms with Crippen molar-refractivity contribution >= 4 is 0 Å². The molecule has 0 amide bonds. The fourth-order valence-electron chi connectivity index (χ4n) is 2.23. The van der Waals surface area contributed by atoms with Crippen LogP contribution in [0, 0.1) is 0 Å². The van der Waals surface area contributed by atoms with Crippen LogP contribution in [0.4, 0.5) is 0 Å². The Kier molecular flexibility index (Phi) is 5.64. The number of rotatable bonds is 7. The first-order chi connectivity index (χ1) is 10.2. The van der Waals surface area contributed by atoms with Gasteiger partial charge in [0.25, 0.3) is 0 Å². The molecule has 0 heterocycles. The van der Waals surface area contributed by atoms with Crippen LogP contribution in [-0.4, -0.2) is 12.2 Å². The van der Waals surface area contributed by atoms with E-state index in [4.69, 9.17) is 9.47 Å². The van der Waals surface area contributed by atoms with Crippen molar-refractivity contribution in [2.45, 2.75) is 32.5 Å². The van der Waals surface area contributed by atoms with Crippen LogP contribution in [0.15, 0.2) is 48.5 Å². The second-order valence-corrected chi connectivity index (χ2v) is 4.98. The number of hydrogen-bond donors (Lipinski definition) is 1. The summed E-state index contributed by atoms with van der Waals surface area (Å²) in [5, 5.41) is 10.0. The Morgan fingerprint density at radius 2 is 1.90 bits per heavy atom. The molecule has 3 nitrogen and oxygen atoms in total. The zero-order chi connectivity index (χ0) is 15.1. The minimum Gasteiger partial charge on any atom is -0.496 e. The predicted octanol–water partition coefficient (Wildman–Crippen LogP) is 4.11. The number of benzene rings is 2. The summed E-state index contributed by atoms with van der Waals surface area (Å²) in [6.07, 6.45) is 1.29. The van der Waals surface area contributed by atoms with Gasteiger partial charge in [0, 0.05) is 5.56 Å². The molecule has 0 aliphatic rings. The SMILES string of the molecule is CCCC(O)c1cccc(OCc2ccccc2OC)c1. The first-order valence-corrected chi connectivity index (χ1v) is 7.27. The van der Waals surface area contributed by atoms with Gasteiger partial charge >= 0.3 is 0 Å². The highest BCUT2D eigenvalue weighted by atomic mass is 16.5. The van der Waals surface area contributed by atoms with E-state index < -0.39 is 6.10 Å². The van der Waals surface area contributed by atoms with Crippen molar-refractivity contribution in [1.82, 2.24) is 0 Å². The highest BCUT2D eigenvalue weighted by Gasteiger charge is 2.08. The summed E-state index contributed by atoms with van der Waals surface area (Å²) in [5.41, 5.74) is 1.90.